The number of nitrogens with one attached hydrogen (secondary N) is 1. The second-order valence-electron chi connectivity index (χ2n) is 4.74. The fourth-order valence-electron chi connectivity index (χ4n) is 2.23. The summed E-state index contributed by atoms with van der Waals surface area (Å²) in [5.41, 5.74) is 7.43. The third-order valence-corrected chi connectivity index (χ3v) is 3.40. The molecule has 3 rings (SSSR count). The highest BCUT2D eigenvalue weighted by Crippen LogP contribution is 2.25. The molecular formula is C13H14N4O3. The maximum atomic E-state index is 12.0. The molecule has 1 atom stereocenters. The van der Waals surface area contributed by atoms with E-state index in [1.54, 1.807) is 18.2 Å². The lowest BCUT2D eigenvalue weighted by atomic mass is 10.1. The van der Waals surface area contributed by atoms with Gasteiger partial charge in [-0.2, -0.15) is 4.98 Å². The number of oxazole rings is 1. The number of carbonyl (C=O) groups excluding carboxylic acids is 2. The Kier molecular flexibility index (Phi) is 2.81. The molecule has 0 bridgehead atoms. The van der Waals surface area contributed by atoms with Gasteiger partial charge in [-0.3, -0.25) is 14.5 Å². The number of amides is 2. The van der Waals surface area contributed by atoms with Crippen molar-refractivity contribution >= 4 is 34.6 Å². The first-order chi connectivity index (χ1) is 9.56. The minimum atomic E-state index is -0.507. The van der Waals surface area contributed by atoms with Crippen LogP contribution in [0.4, 0.5) is 11.7 Å². The van der Waals surface area contributed by atoms with Crippen molar-refractivity contribution in [1.82, 2.24) is 9.88 Å². The fraction of sp³-hybridized carbons (Fsp3) is 0.308. The molecule has 0 aliphatic carbocycles. The number of hydrogen-bond donors (Lipinski definition) is 2. The molecule has 7 nitrogen and oxygen atoms in total. The standard InChI is InChI=1S/C13H14N4O3/c1-17-10(18)6-5-8(12(17)19)15-13-16-11-7(14)3-2-4-9(11)20-13/h2-4,8H,5-6,14H2,1H3,(H,15,16). The summed E-state index contributed by atoms with van der Waals surface area (Å²) in [5, 5.41) is 2.92. The number of likely N-dealkylation sites (N-methyl/N-ethyl adjacent to an activating group) is 1. The highest BCUT2D eigenvalue weighted by atomic mass is 16.4. The first kappa shape index (κ1) is 12.5. The van der Waals surface area contributed by atoms with Crippen LogP contribution in [-0.4, -0.2) is 34.8 Å². The molecule has 1 unspecified atom stereocenters. The third kappa shape index (κ3) is 1.97. The molecule has 1 aromatic heterocycles. The number of fused-ring (bicyclic) bond motifs is 1. The summed E-state index contributed by atoms with van der Waals surface area (Å²) in [6.07, 6.45) is 0.749. The first-order valence-electron chi connectivity index (χ1n) is 6.28. The van der Waals surface area contributed by atoms with Gasteiger partial charge in [-0.15, -0.1) is 0 Å². The van der Waals surface area contributed by atoms with Gasteiger partial charge in [0.2, 0.25) is 5.91 Å². The van der Waals surface area contributed by atoms with E-state index in [0.717, 1.165) is 4.90 Å². The predicted octanol–water partition coefficient (Wildman–Crippen LogP) is 0.969. The van der Waals surface area contributed by atoms with E-state index in [2.05, 4.69) is 10.3 Å². The summed E-state index contributed by atoms with van der Waals surface area (Å²) in [6, 6.07) is 4.98. The highest BCUT2D eigenvalue weighted by molar-refractivity contribution is 6.01. The molecule has 1 aliphatic heterocycles. The Morgan fingerprint density at radius 3 is 3.00 bits per heavy atom. The number of nitrogen functional groups attached to an aromatic ring is 1. The number of aromatic nitrogens is 1. The second-order valence-corrected chi connectivity index (χ2v) is 4.74. The minimum Gasteiger partial charge on any atom is -0.423 e. The van der Waals surface area contributed by atoms with E-state index in [9.17, 15) is 9.59 Å². The Morgan fingerprint density at radius 1 is 1.45 bits per heavy atom. The maximum Gasteiger partial charge on any atom is 0.296 e. The normalized spacial score (nSPS) is 19.6. The van der Waals surface area contributed by atoms with E-state index in [1.807, 2.05) is 0 Å². The molecule has 0 spiro atoms. The lowest BCUT2D eigenvalue weighted by Crippen LogP contribution is -2.48. The van der Waals surface area contributed by atoms with Gasteiger partial charge in [0.1, 0.15) is 11.6 Å². The van der Waals surface area contributed by atoms with Crippen LogP contribution in [0.3, 0.4) is 0 Å². The quantitative estimate of drug-likeness (QED) is 0.625. The maximum absolute atomic E-state index is 12.0. The molecule has 3 N–H and O–H groups in total. The number of nitrogens with two attached hydrogens (primary N) is 1. The Balaban J connectivity index is 1.84. The molecule has 0 radical (unpaired) electrons. The SMILES string of the molecule is CN1C(=O)CCC(Nc2nc3c(N)cccc3o2)C1=O. The van der Waals surface area contributed by atoms with Gasteiger partial charge in [0, 0.05) is 13.5 Å². The summed E-state index contributed by atoms with van der Waals surface area (Å²) in [5.74, 6) is -0.452. The van der Waals surface area contributed by atoms with Crippen molar-refractivity contribution < 1.29 is 14.0 Å². The van der Waals surface area contributed by atoms with Gasteiger partial charge in [0.25, 0.3) is 11.9 Å². The van der Waals surface area contributed by atoms with Crippen LogP contribution in [-0.2, 0) is 9.59 Å². The van der Waals surface area contributed by atoms with Crippen LogP contribution < -0.4 is 11.1 Å². The van der Waals surface area contributed by atoms with Crippen LogP contribution in [0.1, 0.15) is 12.8 Å². The summed E-state index contributed by atoms with van der Waals surface area (Å²) in [7, 11) is 1.47. The Labute approximate surface area is 114 Å². The molecule has 104 valence electrons. The topological polar surface area (TPSA) is 101 Å². The molecule has 1 fully saturated rings. The van der Waals surface area contributed by atoms with Gasteiger partial charge < -0.3 is 15.5 Å². The van der Waals surface area contributed by atoms with Crippen LogP contribution in [0.25, 0.3) is 11.1 Å². The zero-order chi connectivity index (χ0) is 14.3. The van der Waals surface area contributed by atoms with Gasteiger partial charge >= 0.3 is 0 Å². The lowest BCUT2D eigenvalue weighted by molar-refractivity contribution is -0.146. The average Bonchev–Trinajstić information content (AvgIpc) is 2.84. The number of piperidine rings is 1. The van der Waals surface area contributed by atoms with E-state index in [1.165, 1.54) is 7.05 Å². The molecule has 2 amide bonds. The Hall–Kier alpha value is -2.57. The van der Waals surface area contributed by atoms with Gasteiger partial charge in [0.05, 0.1) is 5.69 Å². The molecule has 1 saturated heterocycles. The average molecular weight is 274 g/mol. The number of likely N-dealkylation sites (tertiary alicyclic amines) is 1. The summed E-state index contributed by atoms with van der Waals surface area (Å²) in [4.78, 5) is 28.7. The first-order valence-corrected chi connectivity index (χ1v) is 6.28. The van der Waals surface area contributed by atoms with Crippen molar-refractivity contribution in [2.24, 2.45) is 0 Å². The molecule has 1 aromatic carbocycles. The smallest absolute Gasteiger partial charge is 0.296 e. The predicted molar refractivity (Wildman–Crippen MR) is 72.8 cm³/mol. The van der Waals surface area contributed by atoms with Crippen molar-refractivity contribution in [3.63, 3.8) is 0 Å². The molecule has 2 aromatic rings. The summed E-state index contributed by atoms with van der Waals surface area (Å²) >= 11 is 0. The zero-order valence-electron chi connectivity index (χ0n) is 10.9. The largest absolute Gasteiger partial charge is 0.423 e. The van der Waals surface area contributed by atoms with Crippen molar-refractivity contribution in [1.29, 1.82) is 0 Å². The van der Waals surface area contributed by atoms with Gasteiger partial charge in [-0.25, -0.2) is 0 Å². The van der Waals surface area contributed by atoms with Crippen LogP contribution in [0.15, 0.2) is 22.6 Å². The van der Waals surface area contributed by atoms with Crippen LogP contribution >= 0.6 is 0 Å². The van der Waals surface area contributed by atoms with E-state index in [-0.39, 0.29) is 17.8 Å². The molecule has 1 aliphatic rings. The number of imide groups is 1. The minimum absolute atomic E-state index is 0.171. The number of anilines is 2. The number of rotatable bonds is 2. The summed E-state index contributed by atoms with van der Waals surface area (Å²) in [6.45, 7) is 0. The van der Waals surface area contributed by atoms with Crippen molar-refractivity contribution in [3.05, 3.63) is 18.2 Å². The number of carbonyl (C=O) groups is 2. The zero-order valence-corrected chi connectivity index (χ0v) is 10.9. The number of benzene rings is 1. The molecule has 7 heteroatoms. The van der Waals surface area contributed by atoms with E-state index < -0.39 is 6.04 Å². The molecule has 0 saturated carbocycles. The van der Waals surface area contributed by atoms with E-state index >= 15 is 0 Å². The van der Waals surface area contributed by atoms with E-state index in [0.29, 0.717) is 29.6 Å². The fourth-order valence-corrected chi connectivity index (χ4v) is 2.23. The lowest BCUT2D eigenvalue weighted by Gasteiger charge is -2.27. The highest BCUT2D eigenvalue weighted by Gasteiger charge is 2.32. The van der Waals surface area contributed by atoms with Gasteiger partial charge in [-0.05, 0) is 18.6 Å². The molecule has 20 heavy (non-hydrogen) atoms. The van der Waals surface area contributed by atoms with E-state index in [4.69, 9.17) is 10.2 Å². The van der Waals surface area contributed by atoms with Gasteiger partial charge in [-0.1, -0.05) is 6.07 Å². The number of para-hydroxylation sites is 1. The number of hydrogen-bond acceptors (Lipinski definition) is 6. The molecular weight excluding hydrogens is 260 g/mol. The summed E-state index contributed by atoms with van der Waals surface area (Å²) < 4.78 is 5.50. The Bertz CT molecular complexity index is 694. The van der Waals surface area contributed by atoms with Crippen LogP contribution in [0.5, 0.6) is 0 Å². The van der Waals surface area contributed by atoms with Crippen LogP contribution in [0, 0.1) is 0 Å². The Morgan fingerprint density at radius 2 is 2.25 bits per heavy atom. The van der Waals surface area contributed by atoms with Crippen molar-refractivity contribution in [2.75, 3.05) is 18.1 Å². The molecule has 2 heterocycles. The van der Waals surface area contributed by atoms with Gasteiger partial charge in [0.15, 0.2) is 5.58 Å². The van der Waals surface area contributed by atoms with Crippen molar-refractivity contribution in [3.8, 4) is 0 Å². The number of nitrogens with zero attached hydrogens (tertiary/aromatic N) is 2. The van der Waals surface area contributed by atoms with Crippen molar-refractivity contribution in [2.45, 2.75) is 18.9 Å². The second kappa shape index (κ2) is 4.52. The third-order valence-electron chi connectivity index (χ3n) is 3.40. The monoisotopic (exact) mass is 274 g/mol. The van der Waals surface area contributed by atoms with Crippen LogP contribution in [0.2, 0.25) is 0 Å².